The maximum atomic E-state index is 5.40. The lowest BCUT2D eigenvalue weighted by Crippen LogP contribution is -2.19. The van der Waals surface area contributed by atoms with Crippen LogP contribution < -0.4 is 10.1 Å². The van der Waals surface area contributed by atoms with Crippen LogP contribution in [0.1, 0.15) is 30.7 Å². The Hall–Kier alpha value is -1.88. The molecule has 2 aromatic rings. The Morgan fingerprint density at radius 1 is 1.33 bits per heavy atom. The molecule has 0 atom stereocenters. The first kappa shape index (κ1) is 15.5. The second kappa shape index (κ2) is 7.22. The van der Waals surface area contributed by atoms with Crippen molar-refractivity contribution in [3.8, 4) is 5.75 Å². The number of nitrogens with zero attached hydrogens (tertiary/aromatic N) is 3. The monoisotopic (exact) mass is 288 g/mol. The largest absolute Gasteiger partial charge is 0.496 e. The molecule has 1 heterocycles. The van der Waals surface area contributed by atoms with E-state index in [-0.39, 0.29) is 0 Å². The third-order valence-electron chi connectivity index (χ3n) is 3.21. The first-order valence-electron chi connectivity index (χ1n) is 7.31. The van der Waals surface area contributed by atoms with E-state index >= 15 is 0 Å². The van der Waals surface area contributed by atoms with Gasteiger partial charge in [0.15, 0.2) is 0 Å². The topological polar surface area (TPSA) is 52.0 Å². The maximum absolute atomic E-state index is 5.40. The van der Waals surface area contributed by atoms with E-state index in [1.807, 2.05) is 23.0 Å². The SMILES string of the molecule is COc1ccc(C)cc1Cn1cc(CNCC(C)C)nn1. The molecule has 2 rings (SSSR count). The fraction of sp³-hybridized carbons (Fsp3) is 0.500. The molecule has 114 valence electrons. The van der Waals surface area contributed by atoms with Crippen molar-refractivity contribution in [2.45, 2.75) is 33.9 Å². The highest BCUT2D eigenvalue weighted by Crippen LogP contribution is 2.20. The standard InChI is InChI=1S/C16H24N4O/c1-12(2)8-17-9-15-11-20(19-18-15)10-14-7-13(3)5-6-16(14)21-4/h5-7,11-12,17H,8-10H2,1-4H3. The highest BCUT2D eigenvalue weighted by Gasteiger charge is 2.06. The van der Waals surface area contributed by atoms with E-state index < -0.39 is 0 Å². The van der Waals surface area contributed by atoms with Crippen LogP contribution in [-0.4, -0.2) is 28.6 Å². The van der Waals surface area contributed by atoms with Crippen molar-refractivity contribution in [3.05, 3.63) is 41.2 Å². The van der Waals surface area contributed by atoms with Gasteiger partial charge in [0.2, 0.25) is 0 Å². The molecule has 0 aliphatic rings. The third-order valence-corrected chi connectivity index (χ3v) is 3.21. The summed E-state index contributed by atoms with van der Waals surface area (Å²) in [5, 5.41) is 11.8. The molecule has 1 N–H and O–H groups in total. The van der Waals surface area contributed by atoms with Gasteiger partial charge in [0, 0.05) is 12.1 Å². The summed E-state index contributed by atoms with van der Waals surface area (Å²) in [5.41, 5.74) is 3.29. The van der Waals surface area contributed by atoms with Crippen molar-refractivity contribution in [1.29, 1.82) is 0 Å². The van der Waals surface area contributed by atoms with E-state index in [0.717, 1.165) is 30.1 Å². The van der Waals surface area contributed by atoms with Crippen LogP contribution in [-0.2, 0) is 13.1 Å². The van der Waals surface area contributed by atoms with Crippen molar-refractivity contribution in [2.24, 2.45) is 5.92 Å². The molecular weight excluding hydrogens is 264 g/mol. The summed E-state index contributed by atoms with van der Waals surface area (Å²) in [6, 6.07) is 6.16. The third kappa shape index (κ3) is 4.56. The molecule has 5 nitrogen and oxygen atoms in total. The predicted molar refractivity (Wildman–Crippen MR) is 83.4 cm³/mol. The molecule has 1 aromatic carbocycles. The number of rotatable bonds is 7. The summed E-state index contributed by atoms with van der Waals surface area (Å²) >= 11 is 0. The fourth-order valence-corrected chi connectivity index (χ4v) is 2.19. The van der Waals surface area contributed by atoms with Crippen LogP contribution in [0, 0.1) is 12.8 Å². The van der Waals surface area contributed by atoms with Crippen molar-refractivity contribution >= 4 is 0 Å². The minimum Gasteiger partial charge on any atom is -0.496 e. The molecule has 21 heavy (non-hydrogen) atoms. The molecule has 1 aromatic heterocycles. The zero-order chi connectivity index (χ0) is 15.2. The summed E-state index contributed by atoms with van der Waals surface area (Å²) in [6.07, 6.45) is 1.98. The first-order chi connectivity index (χ1) is 10.1. The minimum atomic E-state index is 0.636. The van der Waals surface area contributed by atoms with Gasteiger partial charge in [-0.15, -0.1) is 5.10 Å². The number of nitrogens with one attached hydrogen (secondary N) is 1. The molecule has 0 fully saturated rings. The Bertz CT molecular complexity index is 577. The molecule has 0 spiro atoms. The van der Waals surface area contributed by atoms with Gasteiger partial charge in [-0.25, -0.2) is 4.68 Å². The van der Waals surface area contributed by atoms with Crippen molar-refractivity contribution in [3.63, 3.8) is 0 Å². The van der Waals surface area contributed by atoms with E-state index in [1.54, 1.807) is 7.11 Å². The van der Waals surface area contributed by atoms with E-state index in [1.165, 1.54) is 5.56 Å². The molecule has 0 aliphatic carbocycles. The summed E-state index contributed by atoms with van der Waals surface area (Å²) in [4.78, 5) is 0. The van der Waals surface area contributed by atoms with Gasteiger partial charge in [-0.1, -0.05) is 36.8 Å². The zero-order valence-corrected chi connectivity index (χ0v) is 13.3. The Kier molecular flexibility index (Phi) is 5.33. The number of hydrogen-bond acceptors (Lipinski definition) is 4. The number of benzene rings is 1. The summed E-state index contributed by atoms with van der Waals surface area (Å²) in [7, 11) is 1.69. The quantitative estimate of drug-likeness (QED) is 0.850. The molecule has 0 amide bonds. The Morgan fingerprint density at radius 3 is 2.86 bits per heavy atom. The maximum Gasteiger partial charge on any atom is 0.123 e. The minimum absolute atomic E-state index is 0.636. The second-order valence-electron chi connectivity index (χ2n) is 5.75. The normalized spacial score (nSPS) is 11.1. The van der Waals surface area contributed by atoms with E-state index in [4.69, 9.17) is 4.74 Å². The molecule has 0 saturated carbocycles. The van der Waals surface area contributed by atoms with Crippen LogP contribution in [0.5, 0.6) is 5.75 Å². The van der Waals surface area contributed by atoms with Gasteiger partial charge >= 0.3 is 0 Å². The number of hydrogen-bond donors (Lipinski definition) is 1. The van der Waals surface area contributed by atoms with E-state index in [2.05, 4.69) is 42.5 Å². The Labute approximate surface area is 126 Å². The number of aryl methyl sites for hydroxylation is 1. The summed E-state index contributed by atoms with van der Waals surface area (Å²) in [5.74, 6) is 1.52. The number of methoxy groups -OCH3 is 1. The lowest BCUT2D eigenvalue weighted by Gasteiger charge is -2.09. The van der Waals surface area contributed by atoms with Crippen LogP contribution in [0.15, 0.2) is 24.4 Å². The second-order valence-corrected chi connectivity index (χ2v) is 5.75. The summed E-state index contributed by atoms with van der Waals surface area (Å²) < 4.78 is 7.25. The van der Waals surface area contributed by atoms with Crippen molar-refractivity contribution in [2.75, 3.05) is 13.7 Å². The van der Waals surface area contributed by atoms with Gasteiger partial charge in [0.25, 0.3) is 0 Å². The van der Waals surface area contributed by atoms with Crippen LogP contribution in [0.2, 0.25) is 0 Å². The molecule has 0 radical (unpaired) electrons. The average molecular weight is 288 g/mol. The molecular formula is C16H24N4O. The molecule has 0 saturated heterocycles. The van der Waals surface area contributed by atoms with Crippen LogP contribution in [0.3, 0.4) is 0 Å². The lowest BCUT2D eigenvalue weighted by molar-refractivity contribution is 0.407. The van der Waals surface area contributed by atoms with Gasteiger partial charge in [-0.05, 0) is 25.5 Å². The number of ether oxygens (including phenoxy) is 1. The molecule has 0 unspecified atom stereocenters. The average Bonchev–Trinajstić information content (AvgIpc) is 2.86. The fourth-order valence-electron chi connectivity index (χ4n) is 2.19. The van der Waals surface area contributed by atoms with Crippen molar-refractivity contribution in [1.82, 2.24) is 20.3 Å². The van der Waals surface area contributed by atoms with Gasteiger partial charge < -0.3 is 10.1 Å². The van der Waals surface area contributed by atoms with Gasteiger partial charge in [0.05, 0.1) is 25.5 Å². The Morgan fingerprint density at radius 2 is 2.14 bits per heavy atom. The van der Waals surface area contributed by atoms with Crippen LogP contribution in [0.25, 0.3) is 0 Å². The predicted octanol–water partition coefficient (Wildman–Crippen LogP) is 2.39. The molecule has 0 bridgehead atoms. The summed E-state index contributed by atoms with van der Waals surface area (Å²) in [6.45, 7) is 8.86. The van der Waals surface area contributed by atoms with Crippen LogP contribution in [0.4, 0.5) is 0 Å². The van der Waals surface area contributed by atoms with Crippen LogP contribution >= 0.6 is 0 Å². The van der Waals surface area contributed by atoms with Gasteiger partial charge in [-0.3, -0.25) is 0 Å². The van der Waals surface area contributed by atoms with E-state index in [9.17, 15) is 0 Å². The Balaban J connectivity index is 2.00. The van der Waals surface area contributed by atoms with E-state index in [0.29, 0.717) is 12.5 Å². The zero-order valence-electron chi connectivity index (χ0n) is 13.3. The highest BCUT2D eigenvalue weighted by atomic mass is 16.5. The van der Waals surface area contributed by atoms with Gasteiger partial charge in [-0.2, -0.15) is 0 Å². The molecule has 5 heteroatoms. The van der Waals surface area contributed by atoms with Crippen molar-refractivity contribution < 1.29 is 4.74 Å². The highest BCUT2D eigenvalue weighted by molar-refractivity contribution is 5.36. The van der Waals surface area contributed by atoms with Gasteiger partial charge in [0.1, 0.15) is 5.75 Å². The first-order valence-corrected chi connectivity index (χ1v) is 7.31. The lowest BCUT2D eigenvalue weighted by atomic mass is 10.1. The smallest absolute Gasteiger partial charge is 0.123 e. The molecule has 0 aliphatic heterocycles. The number of aromatic nitrogens is 3.